The van der Waals surface area contributed by atoms with E-state index in [1.54, 1.807) is 0 Å². The number of rotatable bonds is 5. The Hall–Kier alpha value is -4.19. The van der Waals surface area contributed by atoms with Crippen molar-refractivity contribution in [1.29, 1.82) is 0 Å². The van der Waals surface area contributed by atoms with Gasteiger partial charge in [0.25, 0.3) is 5.91 Å². The van der Waals surface area contributed by atoms with E-state index in [1.807, 2.05) is 0 Å². The SMILES string of the molecule is Cc1cccnc1-n1nc(-c2ccc(Oc3ccnc(N)c3Cl)c(F)c2)c(C(N)=O)c1C(F)(F)F. The molecule has 35 heavy (non-hydrogen) atoms. The number of benzene rings is 1. The van der Waals surface area contributed by atoms with Crippen LogP contribution in [0.3, 0.4) is 0 Å². The number of ether oxygens (including phenoxy) is 1. The fourth-order valence-corrected chi connectivity index (χ4v) is 3.49. The minimum Gasteiger partial charge on any atom is -0.453 e. The number of alkyl halides is 3. The Morgan fingerprint density at radius 1 is 1.11 bits per heavy atom. The molecule has 0 atom stereocenters. The molecule has 0 aliphatic carbocycles. The van der Waals surface area contributed by atoms with Gasteiger partial charge in [0.15, 0.2) is 28.8 Å². The summed E-state index contributed by atoms with van der Waals surface area (Å²) in [5, 5.41) is 3.91. The van der Waals surface area contributed by atoms with Crippen LogP contribution < -0.4 is 16.2 Å². The zero-order valence-corrected chi connectivity index (χ0v) is 18.5. The molecule has 0 saturated heterocycles. The molecule has 1 amide bonds. The molecule has 0 aliphatic heterocycles. The summed E-state index contributed by atoms with van der Waals surface area (Å²) in [7, 11) is 0. The first-order chi connectivity index (χ1) is 16.5. The summed E-state index contributed by atoms with van der Waals surface area (Å²) in [5.41, 5.74) is 8.28. The number of primary amides is 1. The third-order valence-corrected chi connectivity index (χ3v) is 5.27. The molecule has 1 aromatic carbocycles. The van der Waals surface area contributed by atoms with Gasteiger partial charge < -0.3 is 16.2 Å². The normalized spacial score (nSPS) is 11.5. The Kier molecular flexibility index (Phi) is 6.07. The largest absolute Gasteiger partial charge is 0.453 e. The number of carbonyl (C=O) groups excluding carboxylic acids is 1. The van der Waals surface area contributed by atoms with Crippen LogP contribution in [-0.2, 0) is 6.18 Å². The molecule has 0 radical (unpaired) electrons. The van der Waals surface area contributed by atoms with Crippen molar-refractivity contribution in [1.82, 2.24) is 19.7 Å². The van der Waals surface area contributed by atoms with Gasteiger partial charge in [0.1, 0.15) is 16.5 Å². The molecular formula is C22H15ClF4N6O2. The molecule has 180 valence electrons. The first-order valence-corrected chi connectivity index (χ1v) is 10.2. The number of nitrogens with two attached hydrogens (primary N) is 2. The Balaban J connectivity index is 1.87. The lowest BCUT2D eigenvalue weighted by molar-refractivity contribution is -0.143. The highest BCUT2D eigenvalue weighted by Gasteiger charge is 2.43. The summed E-state index contributed by atoms with van der Waals surface area (Å²) in [6, 6.07) is 7.63. The molecule has 3 aromatic heterocycles. The van der Waals surface area contributed by atoms with Gasteiger partial charge in [-0.15, -0.1) is 0 Å². The van der Waals surface area contributed by atoms with Crippen molar-refractivity contribution < 1.29 is 27.1 Å². The topological polar surface area (TPSA) is 122 Å². The van der Waals surface area contributed by atoms with Gasteiger partial charge in [0.05, 0.1) is 5.56 Å². The Morgan fingerprint density at radius 2 is 1.86 bits per heavy atom. The molecule has 4 rings (SSSR count). The number of amides is 1. The van der Waals surface area contributed by atoms with E-state index in [4.69, 9.17) is 27.8 Å². The average molecular weight is 507 g/mol. The van der Waals surface area contributed by atoms with Crippen molar-refractivity contribution in [2.45, 2.75) is 13.1 Å². The van der Waals surface area contributed by atoms with Crippen LogP contribution >= 0.6 is 11.6 Å². The lowest BCUT2D eigenvalue weighted by Crippen LogP contribution is -2.21. The number of carbonyl (C=O) groups is 1. The summed E-state index contributed by atoms with van der Waals surface area (Å²) < 4.78 is 63.0. The van der Waals surface area contributed by atoms with Gasteiger partial charge in [-0.1, -0.05) is 17.7 Å². The Bertz CT molecular complexity index is 1450. The fraction of sp³-hybridized carbons (Fsp3) is 0.0909. The second-order valence-corrected chi connectivity index (χ2v) is 7.62. The lowest BCUT2D eigenvalue weighted by atomic mass is 10.0. The predicted octanol–water partition coefficient (Wildman–Crippen LogP) is 4.92. The summed E-state index contributed by atoms with van der Waals surface area (Å²) >= 11 is 6.00. The summed E-state index contributed by atoms with van der Waals surface area (Å²) in [4.78, 5) is 19.9. The maximum absolute atomic E-state index is 14.9. The van der Waals surface area contributed by atoms with Gasteiger partial charge in [-0.25, -0.2) is 19.0 Å². The van der Waals surface area contributed by atoms with Crippen LogP contribution in [0.5, 0.6) is 11.5 Å². The maximum Gasteiger partial charge on any atom is 0.434 e. The lowest BCUT2D eigenvalue weighted by Gasteiger charge is -2.12. The van der Waals surface area contributed by atoms with Gasteiger partial charge in [-0.05, 0) is 36.8 Å². The first-order valence-electron chi connectivity index (χ1n) is 9.78. The highest BCUT2D eigenvalue weighted by atomic mass is 35.5. The minimum absolute atomic E-state index is 0.0119. The Labute approximate surface area is 200 Å². The van der Waals surface area contributed by atoms with E-state index in [0.717, 1.165) is 12.1 Å². The first kappa shape index (κ1) is 24.0. The molecule has 4 N–H and O–H groups in total. The second-order valence-electron chi connectivity index (χ2n) is 7.25. The van der Waals surface area contributed by atoms with E-state index < -0.39 is 34.9 Å². The fourth-order valence-electron chi connectivity index (χ4n) is 3.34. The molecule has 0 unspecified atom stereocenters. The van der Waals surface area contributed by atoms with E-state index in [2.05, 4.69) is 15.1 Å². The molecule has 13 heteroatoms. The van der Waals surface area contributed by atoms with Crippen molar-refractivity contribution in [3.05, 3.63) is 76.5 Å². The van der Waals surface area contributed by atoms with Crippen LogP contribution in [0.4, 0.5) is 23.4 Å². The van der Waals surface area contributed by atoms with Crippen LogP contribution in [0, 0.1) is 12.7 Å². The molecule has 3 heterocycles. The third kappa shape index (κ3) is 4.47. The van der Waals surface area contributed by atoms with Gasteiger partial charge in [0, 0.05) is 24.0 Å². The van der Waals surface area contributed by atoms with E-state index in [0.29, 0.717) is 10.2 Å². The molecule has 0 spiro atoms. The summed E-state index contributed by atoms with van der Waals surface area (Å²) in [6.07, 6.45) is -2.46. The molecule has 0 fully saturated rings. The standard InChI is InChI=1S/C22H15ClF4N6O2/c1-10-3-2-7-31-21(10)33-18(22(25,26)27)15(20(29)34)17(32-33)11-4-5-13(12(24)9-11)35-14-6-8-30-19(28)16(14)23/h2-9H,1H3,(H2,28,30)(H2,29,34). The number of hydrogen-bond donors (Lipinski definition) is 2. The predicted molar refractivity (Wildman–Crippen MR) is 119 cm³/mol. The third-order valence-electron chi connectivity index (χ3n) is 4.89. The van der Waals surface area contributed by atoms with Crippen LogP contribution in [0.15, 0.2) is 48.8 Å². The highest BCUT2D eigenvalue weighted by molar-refractivity contribution is 6.34. The van der Waals surface area contributed by atoms with E-state index in [9.17, 15) is 22.4 Å². The van der Waals surface area contributed by atoms with E-state index >= 15 is 0 Å². The smallest absolute Gasteiger partial charge is 0.434 e. The number of pyridine rings is 2. The maximum atomic E-state index is 14.9. The number of aromatic nitrogens is 4. The zero-order valence-electron chi connectivity index (χ0n) is 17.8. The monoisotopic (exact) mass is 506 g/mol. The average Bonchev–Trinajstić information content (AvgIpc) is 3.20. The molecule has 0 saturated carbocycles. The molecule has 8 nitrogen and oxygen atoms in total. The van der Waals surface area contributed by atoms with Gasteiger partial charge in [-0.3, -0.25) is 4.79 Å². The molecule has 0 aliphatic rings. The van der Waals surface area contributed by atoms with E-state index in [1.165, 1.54) is 43.6 Å². The van der Waals surface area contributed by atoms with Crippen molar-refractivity contribution in [3.63, 3.8) is 0 Å². The summed E-state index contributed by atoms with van der Waals surface area (Å²) in [5.74, 6) is -2.87. The molecule has 0 bridgehead atoms. The quantitative estimate of drug-likeness (QED) is 0.370. The van der Waals surface area contributed by atoms with Gasteiger partial charge >= 0.3 is 6.18 Å². The minimum atomic E-state index is -5.03. The number of aryl methyl sites for hydroxylation is 1. The van der Waals surface area contributed by atoms with Crippen LogP contribution in [-0.4, -0.2) is 25.7 Å². The van der Waals surface area contributed by atoms with Crippen LogP contribution in [0.2, 0.25) is 5.02 Å². The second kappa shape index (κ2) is 8.87. The van der Waals surface area contributed by atoms with Crippen LogP contribution in [0.1, 0.15) is 21.6 Å². The van der Waals surface area contributed by atoms with Crippen molar-refractivity contribution in [3.8, 4) is 28.6 Å². The summed E-state index contributed by atoms with van der Waals surface area (Å²) in [6.45, 7) is 1.52. The van der Waals surface area contributed by atoms with Crippen LogP contribution in [0.25, 0.3) is 17.1 Å². The van der Waals surface area contributed by atoms with Gasteiger partial charge in [-0.2, -0.15) is 18.3 Å². The number of halogens is 5. The molecular weight excluding hydrogens is 492 g/mol. The van der Waals surface area contributed by atoms with Crippen molar-refractivity contribution >= 4 is 23.3 Å². The number of nitrogens with zero attached hydrogens (tertiary/aromatic N) is 4. The zero-order chi connectivity index (χ0) is 25.5. The highest BCUT2D eigenvalue weighted by Crippen LogP contribution is 2.40. The Morgan fingerprint density at radius 3 is 2.49 bits per heavy atom. The molecule has 4 aromatic rings. The number of anilines is 1. The number of nitrogen functional groups attached to an aromatic ring is 1. The number of hydrogen-bond acceptors (Lipinski definition) is 6. The van der Waals surface area contributed by atoms with Crippen molar-refractivity contribution in [2.75, 3.05) is 5.73 Å². The van der Waals surface area contributed by atoms with Gasteiger partial charge in [0.2, 0.25) is 0 Å². The van der Waals surface area contributed by atoms with Crippen molar-refractivity contribution in [2.24, 2.45) is 5.73 Å². The van der Waals surface area contributed by atoms with E-state index in [-0.39, 0.29) is 33.7 Å².